The Morgan fingerprint density at radius 2 is 2.17 bits per heavy atom. The number of nitrogens with two attached hydrogens (primary N) is 1. The van der Waals surface area contributed by atoms with Gasteiger partial charge in [0.15, 0.2) is 0 Å². The van der Waals surface area contributed by atoms with Gasteiger partial charge < -0.3 is 5.73 Å². The summed E-state index contributed by atoms with van der Waals surface area (Å²) in [6.07, 6.45) is -2.17. The molecule has 0 saturated heterocycles. The molecule has 70 valence electrons. The molecule has 0 unspecified atom stereocenters. The number of hydrogen-bond acceptors (Lipinski definition) is 3. The fourth-order valence-corrected chi connectivity index (χ4v) is 0.656. The number of hydrogen-bond donors (Lipinski definition) is 2. The van der Waals surface area contributed by atoms with Gasteiger partial charge in [-0.15, -0.1) is 12.4 Å². The lowest BCUT2D eigenvalue weighted by Crippen LogP contribution is -2.04. The minimum Gasteiger partial charge on any atom is -0.330 e. The van der Waals surface area contributed by atoms with E-state index in [-0.39, 0.29) is 12.4 Å². The number of aromatic amines is 1. The molecule has 4 nitrogen and oxygen atoms in total. The van der Waals surface area contributed by atoms with Crippen LogP contribution < -0.4 is 5.73 Å². The molecular formula is C5H9ClF2N4. The highest BCUT2D eigenvalue weighted by atomic mass is 35.5. The molecule has 0 radical (unpaired) electrons. The van der Waals surface area contributed by atoms with E-state index < -0.39 is 12.2 Å². The zero-order valence-electron chi connectivity index (χ0n) is 6.13. The number of H-pyrrole nitrogens is 1. The van der Waals surface area contributed by atoms with Crippen LogP contribution in [0.5, 0.6) is 0 Å². The molecule has 0 spiro atoms. The lowest BCUT2D eigenvalue weighted by Gasteiger charge is -1.87. The minimum absolute atomic E-state index is 0. The first-order chi connectivity index (χ1) is 5.24. The Bertz CT molecular complexity index is 227. The topological polar surface area (TPSA) is 67.6 Å². The first-order valence-electron chi connectivity index (χ1n) is 3.13. The molecule has 3 N–H and O–H groups in total. The van der Waals surface area contributed by atoms with Gasteiger partial charge in [0.1, 0.15) is 5.82 Å². The molecule has 0 atom stereocenters. The first kappa shape index (κ1) is 11.2. The highest BCUT2D eigenvalue weighted by Gasteiger charge is 2.12. The predicted molar refractivity (Wildman–Crippen MR) is 41.3 cm³/mol. The van der Waals surface area contributed by atoms with Crippen LogP contribution in [0.4, 0.5) is 8.78 Å². The molecule has 1 aromatic heterocycles. The van der Waals surface area contributed by atoms with E-state index >= 15 is 0 Å². The SMILES string of the molecule is Cl.NCCc1nc(C(F)F)n[nH]1. The van der Waals surface area contributed by atoms with Gasteiger partial charge in [0.25, 0.3) is 6.43 Å². The molecule has 0 saturated carbocycles. The summed E-state index contributed by atoms with van der Waals surface area (Å²) < 4.78 is 23.7. The highest BCUT2D eigenvalue weighted by Crippen LogP contribution is 2.12. The third-order valence-electron chi connectivity index (χ3n) is 1.13. The molecule has 7 heteroatoms. The van der Waals surface area contributed by atoms with Crippen LogP contribution in [0.25, 0.3) is 0 Å². The number of aromatic nitrogens is 3. The van der Waals surface area contributed by atoms with E-state index in [1.807, 2.05) is 0 Å². The van der Waals surface area contributed by atoms with Crippen LogP contribution in [-0.4, -0.2) is 21.7 Å². The monoisotopic (exact) mass is 198 g/mol. The van der Waals surface area contributed by atoms with Gasteiger partial charge in [0.05, 0.1) is 0 Å². The van der Waals surface area contributed by atoms with E-state index in [2.05, 4.69) is 15.2 Å². The van der Waals surface area contributed by atoms with E-state index in [0.29, 0.717) is 18.8 Å². The Morgan fingerprint density at radius 3 is 2.58 bits per heavy atom. The molecule has 0 fully saturated rings. The van der Waals surface area contributed by atoms with Gasteiger partial charge in [-0.05, 0) is 6.54 Å². The summed E-state index contributed by atoms with van der Waals surface area (Å²) in [5.74, 6) is -0.0590. The van der Waals surface area contributed by atoms with Crippen LogP contribution in [0.3, 0.4) is 0 Å². The maximum Gasteiger partial charge on any atom is 0.299 e. The first-order valence-corrected chi connectivity index (χ1v) is 3.13. The quantitative estimate of drug-likeness (QED) is 0.750. The minimum atomic E-state index is -2.61. The van der Waals surface area contributed by atoms with Crippen molar-refractivity contribution in [3.63, 3.8) is 0 Å². The molecule has 1 heterocycles. The molecule has 0 aliphatic rings. The Balaban J connectivity index is 0.00000121. The smallest absolute Gasteiger partial charge is 0.299 e. The zero-order valence-corrected chi connectivity index (χ0v) is 6.94. The van der Waals surface area contributed by atoms with Crippen LogP contribution >= 0.6 is 12.4 Å². The maximum atomic E-state index is 11.8. The molecule has 1 rings (SSSR count). The van der Waals surface area contributed by atoms with Crippen molar-refractivity contribution in [1.29, 1.82) is 0 Å². The summed E-state index contributed by atoms with van der Waals surface area (Å²) in [7, 11) is 0. The number of nitrogens with one attached hydrogen (secondary N) is 1. The second kappa shape index (κ2) is 5.00. The average molecular weight is 199 g/mol. The lowest BCUT2D eigenvalue weighted by atomic mass is 10.4. The number of nitrogens with zero attached hydrogens (tertiary/aromatic N) is 2. The number of rotatable bonds is 3. The number of alkyl halides is 2. The summed E-state index contributed by atoms with van der Waals surface area (Å²) in [4.78, 5) is 3.50. The van der Waals surface area contributed by atoms with Crippen molar-refractivity contribution < 1.29 is 8.78 Å². The normalized spacial score (nSPS) is 10.0. The summed E-state index contributed by atoms with van der Waals surface area (Å²) in [6, 6.07) is 0. The summed E-state index contributed by atoms with van der Waals surface area (Å²) in [5.41, 5.74) is 5.17. The molecule has 0 amide bonds. The average Bonchev–Trinajstić information content (AvgIpc) is 2.37. The Kier molecular flexibility index (Phi) is 4.68. The molecule has 0 aliphatic heterocycles. The van der Waals surface area contributed by atoms with Gasteiger partial charge >= 0.3 is 0 Å². The highest BCUT2D eigenvalue weighted by molar-refractivity contribution is 5.85. The van der Waals surface area contributed by atoms with Gasteiger partial charge in [0.2, 0.25) is 5.82 Å². The maximum absolute atomic E-state index is 11.8. The van der Waals surface area contributed by atoms with Gasteiger partial charge in [-0.3, -0.25) is 5.10 Å². The van der Waals surface area contributed by atoms with Crippen molar-refractivity contribution >= 4 is 12.4 Å². The predicted octanol–water partition coefficient (Wildman–Crippen LogP) is 0.665. The van der Waals surface area contributed by atoms with Crippen molar-refractivity contribution in [2.75, 3.05) is 6.54 Å². The summed E-state index contributed by atoms with van der Waals surface area (Å²) >= 11 is 0. The van der Waals surface area contributed by atoms with Crippen LogP contribution in [0.15, 0.2) is 0 Å². The van der Waals surface area contributed by atoms with Crippen molar-refractivity contribution in [2.24, 2.45) is 5.73 Å². The van der Waals surface area contributed by atoms with E-state index in [1.165, 1.54) is 0 Å². The summed E-state index contributed by atoms with van der Waals surface area (Å²) in [6.45, 7) is 0.373. The second-order valence-electron chi connectivity index (χ2n) is 1.98. The summed E-state index contributed by atoms with van der Waals surface area (Å²) in [5, 5.41) is 5.66. The zero-order chi connectivity index (χ0) is 8.27. The Morgan fingerprint density at radius 1 is 1.50 bits per heavy atom. The van der Waals surface area contributed by atoms with Gasteiger partial charge in [-0.1, -0.05) is 0 Å². The second-order valence-corrected chi connectivity index (χ2v) is 1.98. The Labute approximate surface area is 74.0 Å². The lowest BCUT2D eigenvalue weighted by molar-refractivity contribution is 0.140. The standard InChI is InChI=1S/C5H8F2N4.ClH/c6-4(7)5-9-3(1-2-8)10-11-5;/h4H,1-2,8H2,(H,9,10,11);1H. The molecule has 1 aromatic rings. The molecular weight excluding hydrogens is 190 g/mol. The molecule has 0 bridgehead atoms. The molecule has 12 heavy (non-hydrogen) atoms. The van der Waals surface area contributed by atoms with Gasteiger partial charge in [-0.2, -0.15) is 5.10 Å². The van der Waals surface area contributed by atoms with Crippen molar-refractivity contribution in [1.82, 2.24) is 15.2 Å². The van der Waals surface area contributed by atoms with Gasteiger partial charge in [0, 0.05) is 6.42 Å². The van der Waals surface area contributed by atoms with Crippen LogP contribution in [0.2, 0.25) is 0 Å². The van der Waals surface area contributed by atoms with Crippen molar-refractivity contribution in [2.45, 2.75) is 12.8 Å². The molecule has 0 aromatic carbocycles. The van der Waals surface area contributed by atoms with Crippen LogP contribution in [0.1, 0.15) is 18.1 Å². The number of halogens is 3. The third kappa shape index (κ3) is 2.71. The van der Waals surface area contributed by atoms with E-state index in [0.717, 1.165) is 0 Å². The third-order valence-corrected chi connectivity index (χ3v) is 1.13. The van der Waals surface area contributed by atoms with Crippen LogP contribution in [-0.2, 0) is 6.42 Å². The molecule has 0 aliphatic carbocycles. The van der Waals surface area contributed by atoms with E-state index in [4.69, 9.17) is 5.73 Å². The van der Waals surface area contributed by atoms with E-state index in [9.17, 15) is 8.78 Å². The van der Waals surface area contributed by atoms with Crippen LogP contribution in [0, 0.1) is 0 Å². The fraction of sp³-hybridized carbons (Fsp3) is 0.600. The van der Waals surface area contributed by atoms with Gasteiger partial charge in [-0.25, -0.2) is 13.8 Å². The van der Waals surface area contributed by atoms with E-state index in [1.54, 1.807) is 0 Å². The largest absolute Gasteiger partial charge is 0.330 e. The van der Waals surface area contributed by atoms with Crippen molar-refractivity contribution in [3.8, 4) is 0 Å². The van der Waals surface area contributed by atoms with Crippen molar-refractivity contribution in [3.05, 3.63) is 11.6 Å². The fourth-order valence-electron chi connectivity index (χ4n) is 0.656. The Hall–Kier alpha value is -0.750.